The SMILES string of the molecule is CC=CCC.c1ccc(-c2ccccc2)cc1. The molecule has 88 valence electrons. The van der Waals surface area contributed by atoms with E-state index in [1.54, 1.807) is 0 Å². The summed E-state index contributed by atoms with van der Waals surface area (Å²) in [6.45, 7) is 4.16. The highest BCUT2D eigenvalue weighted by Gasteiger charge is 1.91. The molecular weight excluding hydrogens is 204 g/mol. The lowest BCUT2D eigenvalue weighted by atomic mass is 10.1. The van der Waals surface area contributed by atoms with Crippen LogP contribution >= 0.6 is 0 Å². The predicted molar refractivity (Wildman–Crippen MR) is 77.0 cm³/mol. The molecule has 0 heterocycles. The smallest absolute Gasteiger partial charge is 0.0184 e. The summed E-state index contributed by atoms with van der Waals surface area (Å²) >= 11 is 0. The van der Waals surface area contributed by atoms with Gasteiger partial charge in [-0.25, -0.2) is 0 Å². The van der Waals surface area contributed by atoms with Crippen molar-refractivity contribution < 1.29 is 0 Å². The highest BCUT2D eigenvalue weighted by molar-refractivity contribution is 5.62. The maximum Gasteiger partial charge on any atom is -0.0184 e. The van der Waals surface area contributed by atoms with Gasteiger partial charge in [0.2, 0.25) is 0 Å². The lowest BCUT2D eigenvalue weighted by Crippen LogP contribution is -1.73. The lowest BCUT2D eigenvalue weighted by molar-refractivity contribution is 1.22. The van der Waals surface area contributed by atoms with Gasteiger partial charge in [0, 0.05) is 0 Å². The van der Waals surface area contributed by atoms with Crippen LogP contribution in [0.4, 0.5) is 0 Å². The Bertz CT molecular complexity index is 375. The zero-order valence-corrected chi connectivity index (χ0v) is 10.6. The molecule has 0 nitrogen and oxygen atoms in total. The first kappa shape index (κ1) is 13.2. The van der Waals surface area contributed by atoms with E-state index in [0.29, 0.717) is 0 Å². The molecule has 0 unspecified atom stereocenters. The van der Waals surface area contributed by atoms with E-state index in [-0.39, 0.29) is 0 Å². The molecule has 0 radical (unpaired) electrons. The Labute approximate surface area is 105 Å². The molecule has 0 fully saturated rings. The fourth-order valence-electron chi connectivity index (χ4n) is 1.50. The molecule has 0 aromatic heterocycles. The molecule has 0 aliphatic rings. The van der Waals surface area contributed by atoms with Crippen molar-refractivity contribution in [1.82, 2.24) is 0 Å². The normalized spacial score (nSPS) is 9.76. The zero-order valence-electron chi connectivity index (χ0n) is 10.6. The largest absolute Gasteiger partial charge is 0.0917 e. The molecule has 0 saturated heterocycles. The molecule has 0 N–H and O–H groups in total. The molecule has 0 aliphatic carbocycles. The van der Waals surface area contributed by atoms with Gasteiger partial charge in [0.05, 0.1) is 0 Å². The third-order valence-electron chi connectivity index (χ3n) is 2.35. The number of hydrogen-bond donors (Lipinski definition) is 0. The van der Waals surface area contributed by atoms with Crippen molar-refractivity contribution in [3.8, 4) is 11.1 Å². The maximum absolute atomic E-state index is 2.12. The Morgan fingerprint density at radius 2 is 1.18 bits per heavy atom. The average Bonchev–Trinajstić information content (AvgIpc) is 2.42. The molecule has 0 aliphatic heterocycles. The average molecular weight is 224 g/mol. The molecule has 2 rings (SSSR count). The Morgan fingerprint density at radius 3 is 1.41 bits per heavy atom. The van der Waals surface area contributed by atoms with Gasteiger partial charge in [-0.3, -0.25) is 0 Å². The number of rotatable bonds is 2. The first-order valence-corrected chi connectivity index (χ1v) is 6.10. The minimum absolute atomic E-state index is 1.16. The minimum Gasteiger partial charge on any atom is -0.0917 e. The van der Waals surface area contributed by atoms with Crippen molar-refractivity contribution in [3.05, 3.63) is 72.8 Å². The van der Waals surface area contributed by atoms with Crippen LogP contribution in [0, 0.1) is 0 Å². The lowest BCUT2D eigenvalue weighted by Gasteiger charge is -1.98. The summed E-state index contributed by atoms with van der Waals surface area (Å²) in [5, 5.41) is 0. The van der Waals surface area contributed by atoms with Crippen LogP contribution in [-0.4, -0.2) is 0 Å². The highest BCUT2D eigenvalue weighted by Crippen LogP contribution is 2.17. The molecule has 2 aromatic rings. The summed E-state index contributed by atoms with van der Waals surface area (Å²) in [5.74, 6) is 0. The topological polar surface area (TPSA) is 0 Å². The summed E-state index contributed by atoms with van der Waals surface area (Å²) in [6, 6.07) is 20.8. The van der Waals surface area contributed by atoms with Crippen molar-refractivity contribution in [2.75, 3.05) is 0 Å². The molecular formula is C17H20. The third-order valence-corrected chi connectivity index (χ3v) is 2.35. The molecule has 17 heavy (non-hydrogen) atoms. The Hall–Kier alpha value is -1.82. The Balaban J connectivity index is 0.000000249. The van der Waals surface area contributed by atoms with Crippen LogP contribution in [0.5, 0.6) is 0 Å². The van der Waals surface area contributed by atoms with Crippen molar-refractivity contribution in [2.45, 2.75) is 20.3 Å². The number of hydrogen-bond acceptors (Lipinski definition) is 0. The van der Waals surface area contributed by atoms with Crippen LogP contribution in [0.25, 0.3) is 11.1 Å². The minimum atomic E-state index is 1.16. The fraction of sp³-hybridized carbons (Fsp3) is 0.176. The van der Waals surface area contributed by atoms with E-state index < -0.39 is 0 Å². The standard InChI is InChI=1S/C12H10.C5H10/c1-3-7-11(8-4-1)12-9-5-2-6-10-12;1-3-5-4-2/h1-10H;3,5H,4H2,1-2H3. The summed E-state index contributed by atoms with van der Waals surface area (Å²) in [5.41, 5.74) is 2.55. The fourth-order valence-corrected chi connectivity index (χ4v) is 1.50. The van der Waals surface area contributed by atoms with Gasteiger partial charge in [-0.1, -0.05) is 79.7 Å². The molecule has 0 atom stereocenters. The van der Waals surface area contributed by atoms with E-state index in [1.165, 1.54) is 11.1 Å². The quantitative estimate of drug-likeness (QED) is 0.605. The van der Waals surface area contributed by atoms with Crippen molar-refractivity contribution in [3.63, 3.8) is 0 Å². The van der Waals surface area contributed by atoms with Crippen LogP contribution in [-0.2, 0) is 0 Å². The molecule has 0 heteroatoms. The van der Waals surface area contributed by atoms with Gasteiger partial charge in [-0.05, 0) is 24.5 Å². The van der Waals surface area contributed by atoms with E-state index in [1.807, 2.05) is 19.1 Å². The highest BCUT2D eigenvalue weighted by atomic mass is 14.0. The van der Waals surface area contributed by atoms with Crippen molar-refractivity contribution in [2.24, 2.45) is 0 Å². The second-order valence-corrected chi connectivity index (χ2v) is 3.71. The van der Waals surface area contributed by atoms with Crippen LogP contribution in [0.1, 0.15) is 20.3 Å². The zero-order chi connectivity index (χ0) is 12.3. The summed E-state index contributed by atoms with van der Waals surface area (Å²) in [4.78, 5) is 0. The second-order valence-electron chi connectivity index (χ2n) is 3.71. The number of allylic oxidation sites excluding steroid dienone is 2. The summed E-state index contributed by atoms with van der Waals surface area (Å²) in [6.07, 6.45) is 5.34. The molecule has 0 spiro atoms. The van der Waals surface area contributed by atoms with E-state index in [4.69, 9.17) is 0 Å². The second kappa shape index (κ2) is 8.35. The third kappa shape index (κ3) is 5.17. The van der Waals surface area contributed by atoms with Crippen molar-refractivity contribution in [1.29, 1.82) is 0 Å². The van der Waals surface area contributed by atoms with Gasteiger partial charge in [0.15, 0.2) is 0 Å². The molecule has 0 bridgehead atoms. The van der Waals surface area contributed by atoms with Crippen LogP contribution in [0.2, 0.25) is 0 Å². The molecule has 0 saturated carbocycles. The summed E-state index contributed by atoms with van der Waals surface area (Å²) < 4.78 is 0. The van der Waals surface area contributed by atoms with Gasteiger partial charge >= 0.3 is 0 Å². The number of benzene rings is 2. The monoisotopic (exact) mass is 224 g/mol. The molecule has 2 aromatic carbocycles. The van der Waals surface area contributed by atoms with Crippen LogP contribution in [0.3, 0.4) is 0 Å². The van der Waals surface area contributed by atoms with E-state index >= 15 is 0 Å². The van der Waals surface area contributed by atoms with Gasteiger partial charge in [-0.15, -0.1) is 0 Å². The molecule has 0 amide bonds. The Kier molecular flexibility index (Phi) is 6.50. The summed E-state index contributed by atoms with van der Waals surface area (Å²) in [7, 11) is 0. The Morgan fingerprint density at radius 1 is 0.765 bits per heavy atom. The van der Waals surface area contributed by atoms with Gasteiger partial charge in [-0.2, -0.15) is 0 Å². The van der Waals surface area contributed by atoms with Gasteiger partial charge in [0.25, 0.3) is 0 Å². The van der Waals surface area contributed by atoms with E-state index in [2.05, 4.69) is 67.6 Å². The predicted octanol–water partition coefficient (Wildman–Crippen LogP) is 5.33. The first-order valence-electron chi connectivity index (χ1n) is 6.10. The van der Waals surface area contributed by atoms with Gasteiger partial charge in [0.1, 0.15) is 0 Å². The first-order chi connectivity index (χ1) is 8.38. The maximum atomic E-state index is 2.12. The van der Waals surface area contributed by atoms with Crippen LogP contribution < -0.4 is 0 Å². The van der Waals surface area contributed by atoms with E-state index in [0.717, 1.165) is 6.42 Å². The van der Waals surface area contributed by atoms with Gasteiger partial charge < -0.3 is 0 Å². The van der Waals surface area contributed by atoms with E-state index in [9.17, 15) is 0 Å². The van der Waals surface area contributed by atoms with Crippen LogP contribution in [0.15, 0.2) is 72.8 Å². The van der Waals surface area contributed by atoms with Crippen molar-refractivity contribution >= 4 is 0 Å².